The van der Waals surface area contributed by atoms with E-state index in [2.05, 4.69) is 53.8 Å². The van der Waals surface area contributed by atoms with Gasteiger partial charge in [0.15, 0.2) is 0 Å². The lowest BCUT2D eigenvalue weighted by Crippen LogP contribution is -2.12. The van der Waals surface area contributed by atoms with Gasteiger partial charge >= 0.3 is 0 Å². The van der Waals surface area contributed by atoms with E-state index in [0.29, 0.717) is 5.92 Å². The van der Waals surface area contributed by atoms with Crippen LogP contribution in [0, 0.1) is 5.92 Å². The predicted octanol–water partition coefficient (Wildman–Crippen LogP) is 4.35. The van der Waals surface area contributed by atoms with Crippen molar-refractivity contribution in [3.8, 4) is 0 Å². The van der Waals surface area contributed by atoms with E-state index in [1.165, 1.54) is 24.0 Å². The standard InChI is InChI=1S/C14H15N.C6H10O/c1-3-7-13(8-4-1)11-15-12-14-9-5-2-6-10-14;7-5-6-3-1-2-4-6/h1-10,15H,11-12H2;5-6H,1-4H2. The molecule has 1 fully saturated rings. The smallest absolute Gasteiger partial charge is 0.123 e. The second-order valence-corrected chi connectivity index (χ2v) is 5.76. The maximum absolute atomic E-state index is 10.0. The molecule has 2 aromatic rings. The number of carbonyl (C=O) groups excluding carboxylic acids is 1. The molecule has 2 aromatic carbocycles. The number of hydrogen-bond acceptors (Lipinski definition) is 2. The van der Waals surface area contributed by atoms with Crippen molar-refractivity contribution >= 4 is 6.29 Å². The molecule has 1 saturated carbocycles. The molecule has 2 heteroatoms. The van der Waals surface area contributed by atoms with Crippen LogP contribution >= 0.6 is 0 Å². The Morgan fingerprint density at radius 3 is 1.64 bits per heavy atom. The Hall–Kier alpha value is -1.93. The van der Waals surface area contributed by atoms with Crippen LogP contribution in [0.4, 0.5) is 0 Å². The Bertz CT molecular complexity index is 478. The highest BCUT2D eigenvalue weighted by Gasteiger charge is 2.12. The third kappa shape index (κ3) is 6.23. The fourth-order valence-corrected chi connectivity index (χ4v) is 2.64. The van der Waals surface area contributed by atoms with E-state index in [-0.39, 0.29) is 0 Å². The molecule has 3 rings (SSSR count). The van der Waals surface area contributed by atoms with Crippen molar-refractivity contribution in [3.63, 3.8) is 0 Å². The van der Waals surface area contributed by atoms with Crippen LogP contribution < -0.4 is 5.32 Å². The zero-order valence-electron chi connectivity index (χ0n) is 13.1. The van der Waals surface area contributed by atoms with Crippen LogP contribution in [0.5, 0.6) is 0 Å². The molecule has 0 heterocycles. The molecule has 116 valence electrons. The monoisotopic (exact) mass is 295 g/mol. The summed E-state index contributed by atoms with van der Waals surface area (Å²) in [5.41, 5.74) is 2.65. The van der Waals surface area contributed by atoms with Gasteiger partial charge in [0.1, 0.15) is 6.29 Å². The molecule has 0 atom stereocenters. The minimum Gasteiger partial charge on any atom is -0.309 e. The van der Waals surface area contributed by atoms with Crippen LogP contribution in [0.2, 0.25) is 0 Å². The van der Waals surface area contributed by atoms with Crippen LogP contribution in [-0.4, -0.2) is 6.29 Å². The topological polar surface area (TPSA) is 29.1 Å². The average Bonchev–Trinajstić information content (AvgIpc) is 3.11. The molecule has 2 nitrogen and oxygen atoms in total. The molecule has 1 N–H and O–H groups in total. The van der Waals surface area contributed by atoms with Gasteiger partial charge in [-0.2, -0.15) is 0 Å². The third-order valence-electron chi connectivity index (χ3n) is 3.94. The van der Waals surface area contributed by atoms with Crippen LogP contribution in [0.3, 0.4) is 0 Å². The highest BCUT2D eigenvalue weighted by molar-refractivity contribution is 5.53. The average molecular weight is 295 g/mol. The van der Waals surface area contributed by atoms with Crippen LogP contribution in [0.1, 0.15) is 36.8 Å². The van der Waals surface area contributed by atoms with E-state index < -0.39 is 0 Å². The summed E-state index contributed by atoms with van der Waals surface area (Å²) in [4.78, 5) is 10.0. The lowest BCUT2D eigenvalue weighted by atomic mass is 10.1. The van der Waals surface area contributed by atoms with Crippen molar-refractivity contribution in [2.75, 3.05) is 0 Å². The van der Waals surface area contributed by atoms with Gasteiger partial charge in [-0.05, 0) is 24.0 Å². The molecule has 0 aromatic heterocycles. The van der Waals surface area contributed by atoms with E-state index in [1.54, 1.807) is 0 Å². The molecule has 0 radical (unpaired) electrons. The molecule has 0 unspecified atom stereocenters. The molecule has 1 aliphatic carbocycles. The Labute approximate surface area is 133 Å². The molecule has 0 aliphatic heterocycles. The first kappa shape index (κ1) is 16.4. The molecular weight excluding hydrogens is 270 g/mol. The second kappa shape index (κ2) is 9.91. The Morgan fingerprint density at radius 2 is 1.27 bits per heavy atom. The van der Waals surface area contributed by atoms with Gasteiger partial charge in [0.05, 0.1) is 0 Å². The molecule has 0 spiro atoms. The molecule has 0 saturated heterocycles. The Kier molecular flexibility index (Phi) is 7.40. The second-order valence-electron chi connectivity index (χ2n) is 5.76. The lowest BCUT2D eigenvalue weighted by molar-refractivity contribution is -0.110. The first-order valence-corrected chi connectivity index (χ1v) is 8.12. The minimum atomic E-state index is 0.417. The van der Waals surface area contributed by atoms with Gasteiger partial charge in [-0.25, -0.2) is 0 Å². The van der Waals surface area contributed by atoms with Gasteiger partial charge in [-0.15, -0.1) is 0 Å². The van der Waals surface area contributed by atoms with E-state index in [4.69, 9.17) is 0 Å². The summed E-state index contributed by atoms with van der Waals surface area (Å²) in [5, 5.41) is 3.42. The van der Waals surface area contributed by atoms with Gasteiger partial charge in [0.25, 0.3) is 0 Å². The number of hydrogen-bond donors (Lipinski definition) is 1. The molecular formula is C20H25NO. The number of carbonyl (C=O) groups is 1. The van der Waals surface area contributed by atoms with E-state index >= 15 is 0 Å². The van der Waals surface area contributed by atoms with E-state index in [0.717, 1.165) is 32.2 Å². The first-order chi connectivity index (χ1) is 10.9. The van der Waals surface area contributed by atoms with Crippen molar-refractivity contribution in [1.29, 1.82) is 0 Å². The Balaban J connectivity index is 0.000000211. The molecule has 0 bridgehead atoms. The first-order valence-electron chi connectivity index (χ1n) is 8.12. The van der Waals surface area contributed by atoms with Gasteiger partial charge in [-0.1, -0.05) is 73.5 Å². The fourth-order valence-electron chi connectivity index (χ4n) is 2.64. The zero-order chi connectivity index (χ0) is 15.5. The minimum absolute atomic E-state index is 0.417. The third-order valence-corrected chi connectivity index (χ3v) is 3.94. The maximum atomic E-state index is 10.0. The predicted molar refractivity (Wildman–Crippen MR) is 91.4 cm³/mol. The summed E-state index contributed by atoms with van der Waals surface area (Å²) in [6.07, 6.45) is 5.91. The van der Waals surface area contributed by atoms with E-state index in [1.807, 2.05) is 12.1 Å². The summed E-state index contributed by atoms with van der Waals surface area (Å²) in [7, 11) is 0. The summed E-state index contributed by atoms with van der Waals surface area (Å²) in [5.74, 6) is 0.417. The number of nitrogens with one attached hydrogen (secondary N) is 1. The van der Waals surface area contributed by atoms with Crippen LogP contribution in [-0.2, 0) is 17.9 Å². The fraction of sp³-hybridized carbons (Fsp3) is 0.350. The van der Waals surface area contributed by atoms with Gasteiger partial charge in [0, 0.05) is 19.0 Å². The highest BCUT2D eigenvalue weighted by atomic mass is 16.1. The van der Waals surface area contributed by atoms with Crippen LogP contribution in [0.25, 0.3) is 0 Å². The Morgan fingerprint density at radius 1 is 0.818 bits per heavy atom. The SMILES string of the molecule is O=CC1CCCC1.c1ccc(CNCc2ccccc2)cc1. The van der Waals surface area contributed by atoms with Crippen molar-refractivity contribution < 1.29 is 4.79 Å². The quantitative estimate of drug-likeness (QED) is 0.831. The number of benzene rings is 2. The van der Waals surface area contributed by atoms with Gasteiger partial charge < -0.3 is 10.1 Å². The summed E-state index contributed by atoms with van der Waals surface area (Å²) < 4.78 is 0. The van der Waals surface area contributed by atoms with Gasteiger partial charge in [0.2, 0.25) is 0 Å². The van der Waals surface area contributed by atoms with Crippen molar-refractivity contribution in [1.82, 2.24) is 5.32 Å². The maximum Gasteiger partial charge on any atom is 0.123 e. The molecule has 1 aliphatic rings. The summed E-state index contributed by atoms with van der Waals surface area (Å²) in [6.45, 7) is 1.85. The van der Waals surface area contributed by atoms with E-state index in [9.17, 15) is 4.79 Å². The summed E-state index contributed by atoms with van der Waals surface area (Å²) in [6, 6.07) is 20.9. The molecule has 0 amide bonds. The van der Waals surface area contributed by atoms with Crippen molar-refractivity contribution in [3.05, 3.63) is 71.8 Å². The highest BCUT2D eigenvalue weighted by Crippen LogP contribution is 2.21. The van der Waals surface area contributed by atoms with Crippen LogP contribution in [0.15, 0.2) is 60.7 Å². The zero-order valence-corrected chi connectivity index (χ0v) is 13.1. The summed E-state index contributed by atoms with van der Waals surface area (Å²) >= 11 is 0. The van der Waals surface area contributed by atoms with Gasteiger partial charge in [-0.3, -0.25) is 0 Å². The lowest BCUT2D eigenvalue weighted by Gasteiger charge is -2.04. The largest absolute Gasteiger partial charge is 0.309 e. The van der Waals surface area contributed by atoms with Crippen molar-refractivity contribution in [2.24, 2.45) is 5.92 Å². The molecule has 22 heavy (non-hydrogen) atoms. The van der Waals surface area contributed by atoms with Crippen molar-refractivity contribution in [2.45, 2.75) is 38.8 Å². The normalized spacial score (nSPS) is 14.2. The number of aldehydes is 1. The number of rotatable bonds is 5.